The zero-order valence-electron chi connectivity index (χ0n) is 14.5. The van der Waals surface area contributed by atoms with Crippen LogP contribution in [0.2, 0.25) is 0 Å². The van der Waals surface area contributed by atoms with Crippen molar-refractivity contribution in [2.45, 2.75) is 6.04 Å². The summed E-state index contributed by atoms with van der Waals surface area (Å²) in [7, 11) is 0. The van der Waals surface area contributed by atoms with E-state index in [1.165, 1.54) is 0 Å². The summed E-state index contributed by atoms with van der Waals surface area (Å²) >= 11 is 0. The van der Waals surface area contributed by atoms with Gasteiger partial charge in [-0.1, -0.05) is 66.7 Å². The van der Waals surface area contributed by atoms with E-state index in [4.69, 9.17) is 0 Å². The molecule has 0 saturated carbocycles. The lowest BCUT2D eigenvalue weighted by molar-refractivity contribution is 0.0942. The number of rotatable bonds is 4. The summed E-state index contributed by atoms with van der Waals surface area (Å²) in [4.78, 5) is 17.1. The van der Waals surface area contributed by atoms with Gasteiger partial charge in [-0.25, -0.2) is 0 Å². The number of hydrogen-bond acceptors (Lipinski definition) is 3. The number of benzene rings is 3. The number of carbonyl (C=O) groups is 1. The van der Waals surface area contributed by atoms with Crippen LogP contribution in [0.4, 0.5) is 0 Å². The molecule has 4 nitrogen and oxygen atoms in total. The van der Waals surface area contributed by atoms with Crippen molar-refractivity contribution in [3.8, 4) is 5.75 Å². The van der Waals surface area contributed by atoms with Crippen LogP contribution in [0, 0.1) is 0 Å². The Labute approximate surface area is 157 Å². The van der Waals surface area contributed by atoms with Crippen LogP contribution in [0.15, 0.2) is 91.1 Å². The molecule has 0 bridgehead atoms. The zero-order chi connectivity index (χ0) is 18.6. The van der Waals surface area contributed by atoms with Gasteiger partial charge in [-0.2, -0.15) is 0 Å². The molecule has 0 spiro atoms. The molecule has 0 aliphatic carbocycles. The molecule has 0 aliphatic heterocycles. The van der Waals surface area contributed by atoms with Gasteiger partial charge in [0.2, 0.25) is 0 Å². The monoisotopic (exact) mass is 354 g/mol. The molecule has 132 valence electrons. The van der Waals surface area contributed by atoms with Crippen molar-refractivity contribution in [3.05, 3.63) is 108 Å². The molecule has 4 heteroatoms. The minimum atomic E-state index is -0.495. The summed E-state index contributed by atoms with van der Waals surface area (Å²) in [5.74, 6) is -0.125. The average Bonchev–Trinajstić information content (AvgIpc) is 2.74. The van der Waals surface area contributed by atoms with Gasteiger partial charge >= 0.3 is 0 Å². The minimum absolute atomic E-state index is 0.0790. The number of aromatic hydroxyl groups is 1. The Morgan fingerprint density at radius 2 is 1.56 bits per heavy atom. The van der Waals surface area contributed by atoms with E-state index in [0.717, 1.165) is 10.9 Å². The Morgan fingerprint density at radius 1 is 0.852 bits per heavy atom. The highest BCUT2D eigenvalue weighted by molar-refractivity contribution is 5.95. The van der Waals surface area contributed by atoms with Gasteiger partial charge in [-0.15, -0.1) is 0 Å². The Bertz CT molecular complexity index is 1080. The van der Waals surface area contributed by atoms with Crippen molar-refractivity contribution in [2.24, 2.45) is 0 Å². The van der Waals surface area contributed by atoms with Gasteiger partial charge in [0, 0.05) is 22.7 Å². The topological polar surface area (TPSA) is 62.2 Å². The molecule has 4 rings (SSSR count). The Hall–Kier alpha value is -3.66. The van der Waals surface area contributed by atoms with E-state index in [9.17, 15) is 9.90 Å². The molecule has 0 saturated heterocycles. The Balaban J connectivity index is 1.79. The highest BCUT2D eigenvalue weighted by Crippen LogP contribution is 2.34. The quantitative estimate of drug-likeness (QED) is 0.569. The molecule has 0 aliphatic rings. The minimum Gasteiger partial charge on any atom is -0.505 e. The van der Waals surface area contributed by atoms with Crippen LogP contribution < -0.4 is 5.32 Å². The fraction of sp³-hybridized carbons (Fsp3) is 0.0435. The molecule has 4 aromatic rings. The molecule has 0 unspecified atom stereocenters. The van der Waals surface area contributed by atoms with Gasteiger partial charge in [0.25, 0.3) is 5.91 Å². The number of nitrogens with zero attached hydrogens (tertiary/aromatic N) is 1. The molecular weight excluding hydrogens is 336 g/mol. The van der Waals surface area contributed by atoms with Gasteiger partial charge in [0.15, 0.2) is 0 Å². The van der Waals surface area contributed by atoms with Crippen LogP contribution >= 0.6 is 0 Å². The van der Waals surface area contributed by atoms with E-state index in [1.54, 1.807) is 18.3 Å². The second-order valence-electron chi connectivity index (χ2n) is 6.26. The Kier molecular flexibility index (Phi) is 4.54. The van der Waals surface area contributed by atoms with Gasteiger partial charge < -0.3 is 10.4 Å². The number of aromatic nitrogens is 1. The molecule has 1 aromatic heterocycles. The maximum Gasteiger partial charge on any atom is 0.252 e. The normalized spacial score (nSPS) is 11.9. The van der Waals surface area contributed by atoms with E-state index >= 15 is 0 Å². The number of fused-ring (bicyclic) bond motifs is 1. The van der Waals surface area contributed by atoms with Gasteiger partial charge in [0.05, 0.1) is 6.04 Å². The average molecular weight is 354 g/mol. The first kappa shape index (κ1) is 16.8. The van der Waals surface area contributed by atoms with E-state index in [2.05, 4.69) is 10.3 Å². The number of carbonyl (C=O) groups excluding carboxylic acids is 1. The molecule has 1 amide bonds. The largest absolute Gasteiger partial charge is 0.505 e. The van der Waals surface area contributed by atoms with Crippen LogP contribution in [0.3, 0.4) is 0 Å². The number of phenolic OH excluding ortho intramolecular Hbond substituents is 1. The predicted molar refractivity (Wildman–Crippen MR) is 106 cm³/mol. The number of phenols is 1. The first-order valence-electron chi connectivity index (χ1n) is 8.71. The maximum atomic E-state index is 12.8. The number of hydrogen-bond donors (Lipinski definition) is 2. The summed E-state index contributed by atoms with van der Waals surface area (Å²) in [6.07, 6.45) is 1.64. The third-order valence-corrected chi connectivity index (χ3v) is 4.53. The van der Waals surface area contributed by atoms with Crippen molar-refractivity contribution in [3.63, 3.8) is 0 Å². The van der Waals surface area contributed by atoms with Gasteiger partial charge in [0.1, 0.15) is 11.3 Å². The van der Waals surface area contributed by atoms with Crippen LogP contribution in [0.5, 0.6) is 5.75 Å². The predicted octanol–water partition coefficient (Wildman–Crippen LogP) is 4.46. The lowest BCUT2D eigenvalue weighted by Crippen LogP contribution is -2.29. The molecule has 0 fully saturated rings. The molecule has 1 atom stereocenters. The SMILES string of the molecule is O=C(N[C@@H](c1ccccc1)c1ccc2cccnc2c1O)c1ccccc1. The molecular formula is C23H18N2O2. The smallest absolute Gasteiger partial charge is 0.252 e. The highest BCUT2D eigenvalue weighted by Gasteiger charge is 2.22. The summed E-state index contributed by atoms with van der Waals surface area (Å²) in [5, 5.41) is 14.7. The van der Waals surface area contributed by atoms with Crippen molar-refractivity contribution < 1.29 is 9.90 Å². The molecule has 3 aromatic carbocycles. The van der Waals surface area contributed by atoms with E-state index in [1.807, 2.05) is 72.8 Å². The summed E-state index contributed by atoms with van der Waals surface area (Å²) in [5.41, 5.74) is 2.57. The lowest BCUT2D eigenvalue weighted by Gasteiger charge is -2.21. The van der Waals surface area contributed by atoms with E-state index < -0.39 is 6.04 Å². The summed E-state index contributed by atoms with van der Waals surface area (Å²) in [6, 6.07) is 25.6. The highest BCUT2D eigenvalue weighted by atomic mass is 16.3. The molecule has 1 heterocycles. The summed E-state index contributed by atoms with van der Waals surface area (Å²) in [6.45, 7) is 0. The van der Waals surface area contributed by atoms with Crippen molar-refractivity contribution in [2.75, 3.05) is 0 Å². The molecule has 0 radical (unpaired) electrons. The fourth-order valence-corrected chi connectivity index (χ4v) is 3.17. The third-order valence-electron chi connectivity index (χ3n) is 4.53. The second-order valence-corrected chi connectivity index (χ2v) is 6.26. The van der Waals surface area contributed by atoms with Gasteiger partial charge in [-0.05, 0) is 23.8 Å². The van der Waals surface area contributed by atoms with Crippen molar-refractivity contribution in [1.29, 1.82) is 0 Å². The summed E-state index contributed by atoms with van der Waals surface area (Å²) < 4.78 is 0. The lowest BCUT2D eigenvalue weighted by atomic mass is 9.96. The zero-order valence-corrected chi connectivity index (χ0v) is 14.5. The third kappa shape index (κ3) is 3.37. The van der Waals surface area contributed by atoms with Crippen LogP contribution in [-0.2, 0) is 0 Å². The number of nitrogens with one attached hydrogen (secondary N) is 1. The van der Waals surface area contributed by atoms with Crippen molar-refractivity contribution >= 4 is 16.8 Å². The molecule has 27 heavy (non-hydrogen) atoms. The van der Waals surface area contributed by atoms with E-state index in [-0.39, 0.29) is 11.7 Å². The number of amides is 1. The van der Waals surface area contributed by atoms with E-state index in [0.29, 0.717) is 16.6 Å². The first-order chi connectivity index (χ1) is 13.2. The van der Waals surface area contributed by atoms with Crippen LogP contribution in [0.1, 0.15) is 27.5 Å². The standard InChI is InChI=1S/C23H18N2O2/c26-22-19(14-13-17-12-7-15-24-21(17)22)20(16-8-3-1-4-9-16)25-23(27)18-10-5-2-6-11-18/h1-15,20,26H,(H,25,27)/t20-/m0/s1. The number of pyridine rings is 1. The Morgan fingerprint density at radius 3 is 2.30 bits per heavy atom. The van der Waals surface area contributed by atoms with Crippen molar-refractivity contribution in [1.82, 2.24) is 10.3 Å². The van der Waals surface area contributed by atoms with Crippen LogP contribution in [-0.4, -0.2) is 16.0 Å². The fourth-order valence-electron chi connectivity index (χ4n) is 3.17. The maximum absolute atomic E-state index is 12.8. The second kappa shape index (κ2) is 7.30. The van der Waals surface area contributed by atoms with Gasteiger partial charge in [-0.3, -0.25) is 9.78 Å². The van der Waals surface area contributed by atoms with Crippen LogP contribution in [0.25, 0.3) is 10.9 Å². The first-order valence-corrected chi connectivity index (χ1v) is 8.71. The molecule has 2 N–H and O–H groups in total.